The molecule has 0 aromatic heterocycles. The zero-order valence-corrected chi connectivity index (χ0v) is 44.0. The molecule has 0 spiro atoms. The van der Waals surface area contributed by atoms with E-state index in [4.69, 9.17) is 0 Å². The molecule has 0 bridgehead atoms. The molecule has 0 saturated carbocycles. The van der Waals surface area contributed by atoms with Gasteiger partial charge in [0.1, 0.15) is 0 Å². The van der Waals surface area contributed by atoms with Crippen LogP contribution in [0.25, 0.3) is 11.1 Å². The molecule has 6 rings (SSSR count). The van der Waals surface area contributed by atoms with Crippen molar-refractivity contribution >= 4 is 3.21 Å². The first kappa shape index (κ1) is 49.3. The van der Waals surface area contributed by atoms with Gasteiger partial charge in [-0.2, -0.15) is 0 Å². The van der Waals surface area contributed by atoms with Gasteiger partial charge in [0, 0.05) is 0 Å². The Morgan fingerprint density at radius 1 is 0.492 bits per heavy atom. The Morgan fingerprint density at radius 2 is 0.831 bits per heavy atom. The summed E-state index contributed by atoms with van der Waals surface area (Å²) in [5.74, 6) is 0.921. The third-order valence-corrected chi connectivity index (χ3v) is 21.1. The summed E-state index contributed by atoms with van der Waals surface area (Å²) < 4.78 is 3.71. The first-order chi connectivity index (χ1) is 26.1. The van der Waals surface area contributed by atoms with E-state index in [1.165, 1.54) is 61.2 Å². The van der Waals surface area contributed by atoms with Crippen molar-refractivity contribution in [2.45, 2.75) is 157 Å². The number of benzene rings is 4. The van der Waals surface area contributed by atoms with Gasteiger partial charge in [0.15, 0.2) is 0 Å². The summed E-state index contributed by atoms with van der Waals surface area (Å²) in [6.45, 7) is 45.7. The standard InChI is InChI=1S/C29H41.C15H14.C12H19.2ClH.Zr/c1-26(2,3)22-14-18-13-19-15-23(27(4,5)6)25(29(10,11)12)17-21(19)20(18)16-24(22)28(7,8)9;1-12-3-7-14(8-4-12)11-15-9-5-13(2)6-10-15;1-9(2)10-6-7-11(8-10)12(3,4)5;;;/h13-17H,1-12H3;3-10H,1-2H3;7-10H,1-5H3;2*1H;/q;;;;;+2/p-2. The number of hydrogen-bond acceptors (Lipinski definition) is 0. The fourth-order valence-electron chi connectivity index (χ4n) is 9.38. The minimum absolute atomic E-state index is 0. The Hall–Kier alpha value is -2.31. The smallest absolute Gasteiger partial charge is 1.00 e. The minimum atomic E-state index is -3.12. The van der Waals surface area contributed by atoms with E-state index >= 15 is 0 Å². The Balaban J connectivity index is 0.00000384. The second kappa shape index (κ2) is 17.1. The van der Waals surface area contributed by atoms with Gasteiger partial charge in [0.25, 0.3) is 0 Å². The van der Waals surface area contributed by atoms with Crippen LogP contribution in [-0.2, 0) is 42.9 Å². The van der Waals surface area contributed by atoms with Gasteiger partial charge in [-0.25, -0.2) is 0 Å². The molecule has 4 aromatic carbocycles. The Labute approximate surface area is 381 Å². The number of halogens is 2. The SMILES string of the molecule is Cc1ccc([C](c2ccc(C)cc2)=[Zr+2]([C]2=CC(C(C)(C)C)=CC2C(C)C)[CH]2c3cc(C(C)(C)C)c(C(C)(C)C)cc3-c3cc(C(C)(C)C)c(C(C)(C)C)cc32)cc1.[Cl-].[Cl-]. The summed E-state index contributed by atoms with van der Waals surface area (Å²) >= 11 is -3.12. The number of aryl methyl sites for hydroxylation is 2. The molecule has 3 heteroatoms. The Bertz CT molecular complexity index is 2150. The molecular formula is C56H74Cl2Zr. The van der Waals surface area contributed by atoms with E-state index in [1.54, 1.807) is 17.6 Å². The van der Waals surface area contributed by atoms with E-state index in [2.05, 4.69) is 216 Å². The third kappa shape index (κ3) is 9.85. The van der Waals surface area contributed by atoms with Gasteiger partial charge < -0.3 is 24.8 Å². The average Bonchev–Trinajstić information content (AvgIpc) is 3.66. The molecule has 0 nitrogen and oxygen atoms in total. The average molecular weight is 909 g/mol. The van der Waals surface area contributed by atoms with Gasteiger partial charge in [-0.15, -0.1) is 0 Å². The van der Waals surface area contributed by atoms with Crippen molar-refractivity contribution in [2.24, 2.45) is 17.3 Å². The van der Waals surface area contributed by atoms with E-state index in [1.807, 2.05) is 0 Å². The van der Waals surface area contributed by atoms with Crippen LogP contribution in [0.5, 0.6) is 0 Å². The zero-order chi connectivity index (χ0) is 42.4. The molecule has 0 saturated heterocycles. The van der Waals surface area contributed by atoms with Gasteiger partial charge in [-0.1, -0.05) is 0 Å². The summed E-state index contributed by atoms with van der Waals surface area (Å²) in [5.41, 5.74) is 19.2. The topological polar surface area (TPSA) is 0 Å². The third-order valence-electron chi connectivity index (χ3n) is 12.7. The number of rotatable bonds is 5. The van der Waals surface area contributed by atoms with E-state index in [9.17, 15) is 0 Å². The molecule has 1 unspecified atom stereocenters. The fraction of sp³-hybridized carbons (Fsp3) is 0.482. The molecule has 316 valence electrons. The summed E-state index contributed by atoms with van der Waals surface area (Å²) in [7, 11) is 0. The second-order valence-corrected chi connectivity index (χ2v) is 29.3. The summed E-state index contributed by atoms with van der Waals surface area (Å²) in [6, 6.07) is 30.0. The van der Waals surface area contributed by atoms with Crippen molar-refractivity contribution in [3.05, 3.63) is 149 Å². The molecule has 2 aliphatic rings. The molecule has 2 aliphatic carbocycles. The van der Waals surface area contributed by atoms with Crippen molar-refractivity contribution in [3.8, 4) is 11.1 Å². The fourth-order valence-corrected chi connectivity index (χ4v) is 19.3. The Morgan fingerprint density at radius 3 is 1.14 bits per heavy atom. The molecule has 4 aromatic rings. The van der Waals surface area contributed by atoms with Crippen LogP contribution < -0.4 is 24.8 Å². The van der Waals surface area contributed by atoms with Gasteiger partial charge in [-0.05, 0) is 0 Å². The van der Waals surface area contributed by atoms with Crippen LogP contribution in [0.1, 0.15) is 177 Å². The van der Waals surface area contributed by atoms with Gasteiger partial charge in [0.2, 0.25) is 0 Å². The summed E-state index contributed by atoms with van der Waals surface area (Å²) in [6.07, 6.45) is 5.42. The van der Waals surface area contributed by atoms with Crippen LogP contribution in [0, 0.1) is 31.1 Å². The molecule has 0 N–H and O–H groups in total. The molecule has 0 heterocycles. The first-order valence-corrected chi connectivity index (χ1v) is 25.7. The first-order valence-electron chi connectivity index (χ1n) is 21.8. The van der Waals surface area contributed by atoms with Crippen LogP contribution in [0.2, 0.25) is 0 Å². The zero-order valence-electron chi connectivity index (χ0n) is 40.1. The molecule has 59 heavy (non-hydrogen) atoms. The molecule has 0 fully saturated rings. The van der Waals surface area contributed by atoms with Crippen molar-refractivity contribution in [3.63, 3.8) is 0 Å². The van der Waals surface area contributed by atoms with Gasteiger partial charge >= 0.3 is 359 Å². The van der Waals surface area contributed by atoms with Gasteiger partial charge in [0.05, 0.1) is 0 Å². The number of allylic oxidation sites excluding steroid dienone is 4. The number of fused-ring (bicyclic) bond motifs is 3. The molecule has 0 radical (unpaired) electrons. The predicted octanol–water partition coefficient (Wildman–Crippen LogP) is 9.60. The van der Waals surface area contributed by atoms with E-state index in [0.717, 1.165) is 0 Å². The van der Waals surface area contributed by atoms with Crippen molar-refractivity contribution in [2.75, 3.05) is 0 Å². The molecule has 0 amide bonds. The molecule has 0 aliphatic heterocycles. The van der Waals surface area contributed by atoms with Crippen LogP contribution in [0.3, 0.4) is 0 Å². The van der Waals surface area contributed by atoms with Crippen molar-refractivity contribution < 1.29 is 46.1 Å². The number of hydrogen-bond donors (Lipinski definition) is 0. The molecule has 1 atom stereocenters. The van der Waals surface area contributed by atoms with E-state index in [0.29, 0.717) is 15.5 Å². The van der Waals surface area contributed by atoms with Gasteiger partial charge in [-0.3, -0.25) is 0 Å². The van der Waals surface area contributed by atoms with Crippen molar-refractivity contribution in [1.29, 1.82) is 0 Å². The van der Waals surface area contributed by atoms with Crippen LogP contribution >= 0.6 is 0 Å². The maximum Gasteiger partial charge on any atom is -1.00 e. The maximum atomic E-state index is 2.74. The van der Waals surface area contributed by atoms with Crippen LogP contribution in [0.15, 0.2) is 93.8 Å². The quantitative estimate of drug-likeness (QED) is 0.187. The maximum absolute atomic E-state index is 3.12. The monoisotopic (exact) mass is 906 g/mol. The van der Waals surface area contributed by atoms with Crippen LogP contribution in [-0.4, -0.2) is 3.21 Å². The normalized spacial score (nSPS) is 15.7. The van der Waals surface area contributed by atoms with Crippen molar-refractivity contribution in [1.82, 2.24) is 0 Å². The summed E-state index contributed by atoms with van der Waals surface area (Å²) in [4.78, 5) is 0. The summed E-state index contributed by atoms with van der Waals surface area (Å²) in [5, 5.41) is 0. The predicted molar refractivity (Wildman–Crippen MR) is 248 cm³/mol. The Kier molecular flexibility index (Phi) is 14.3. The van der Waals surface area contributed by atoms with E-state index in [-0.39, 0.29) is 51.9 Å². The second-order valence-electron chi connectivity index (χ2n) is 23.2. The van der Waals surface area contributed by atoms with Crippen LogP contribution in [0.4, 0.5) is 0 Å². The minimum Gasteiger partial charge on any atom is -1.00 e. The van der Waals surface area contributed by atoms with E-state index < -0.39 is 21.3 Å². The molecular weight excluding hydrogens is 835 g/mol. The largest absolute Gasteiger partial charge is 1.00 e.